The SMILES string of the molecule is CCOC(=O)C1=CCC(=S)N=C1. The molecule has 0 amide bonds. The van der Waals surface area contributed by atoms with Gasteiger partial charge in [-0.2, -0.15) is 0 Å². The number of rotatable bonds is 2. The lowest BCUT2D eigenvalue weighted by molar-refractivity contribution is -0.137. The number of carbonyl (C=O) groups excluding carboxylic acids is 1. The lowest BCUT2D eigenvalue weighted by Gasteiger charge is -2.05. The van der Waals surface area contributed by atoms with E-state index in [2.05, 4.69) is 4.99 Å². The van der Waals surface area contributed by atoms with E-state index in [9.17, 15) is 4.79 Å². The number of nitrogens with zero attached hydrogens (tertiary/aromatic N) is 1. The Morgan fingerprint density at radius 1 is 1.83 bits per heavy atom. The molecule has 0 saturated carbocycles. The molecule has 0 fully saturated rings. The van der Waals surface area contributed by atoms with Crippen molar-refractivity contribution in [1.29, 1.82) is 0 Å². The van der Waals surface area contributed by atoms with Gasteiger partial charge in [0.15, 0.2) is 0 Å². The summed E-state index contributed by atoms with van der Waals surface area (Å²) in [5, 5.41) is 0. The predicted octanol–water partition coefficient (Wildman–Crippen LogP) is 1.28. The first-order valence-electron chi connectivity index (χ1n) is 3.68. The molecule has 0 aliphatic carbocycles. The minimum atomic E-state index is -0.330. The van der Waals surface area contributed by atoms with Crippen LogP contribution in [-0.2, 0) is 9.53 Å². The van der Waals surface area contributed by atoms with Crippen LogP contribution in [0.2, 0.25) is 0 Å². The fourth-order valence-corrected chi connectivity index (χ4v) is 0.931. The van der Waals surface area contributed by atoms with Gasteiger partial charge in [0.2, 0.25) is 0 Å². The molecule has 1 aliphatic heterocycles. The van der Waals surface area contributed by atoms with E-state index in [0.717, 1.165) is 0 Å². The average Bonchev–Trinajstić information content (AvgIpc) is 2.06. The first-order chi connectivity index (χ1) is 5.74. The highest BCUT2D eigenvalue weighted by Crippen LogP contribution is 2.05. The number of hydrogen-bond acceptors (Lipinski definition) is 3. The molecule has 4 heteroatoms. The van der Waals surface area contributed by atoms with Crippen LogP contribution in [0.25, 0.3) is 0 Å². The van der Waals surface area contributed by atoms with Crippen molar-refractivity contribution in [3.63, 3.8) is 0 Å². The molecule has 0 saturated heterocycles. The molecule has 0 unspecified atom stereocenters. The molecule has 0 aromatic heterocycles. The van der Waals surface area contributed by atoms with E-state index in [0.29, 0.717) is 23.6 Å². The van der Waals surface area contributed by atoms with Gasteiger partial charge in [-0.05, 0) is 6.92 Å². The van der Waals surface area contributed by atoms with Crippen molar-refractivity contribution in [3.8, 4) is 0 Å². The number of esters is 1. The zero-order valence-electron chi connectivity index (χ0n) is 6.74. The Labute approximate surface area is 76.1 Å². The van der Waals surface area contributed by atoms with Crippen molar-refractivity contribution >= 4 is 29.4 Å². The molecule has 0 atom stereocenters. The summed E-state index contributed by atoms with van der Waals surface area (Å²) in [6.45, 7) is 2.15. The van der Waals surface area contributed by atoms with Crippen LogP contribution in [0.5, 0.6) is 0 Å². The summed E-state index contributed by atoms with van der Waals surface area (Å²) in [6.07, 6.45) is 3.73. The van der Waals surface area contributed by atoms with E-state index in [-0.39, 0.29) is 5.97 Å². The Balaban J connectivity index is 2.60. The molecule has 1 rings (SSSR count). The van der Waals surface area contributed by atoms with Crippen LogP contribution in [0.15, 0.2) is 16.6 Å². The fraction of sp³-hybridized carbons (Fsp3) is 0.375. The van der Waals surface area contributed by atoms with Crippen LogP contribution >= 0.6 is 12.2 Å². The maximum absolute atomic E-state index is 11.1. The first-order valence-corrected chi connectivity index (χ1v) is 4.09. The third-order valence-electron chi connectivity index (χ3n) is 1.36. The number of carbonyl (C=O) groups is 1. The van der Waals surface area contributed by atoms with E-state index in [1.54, 1.807) is 13.0 Å². The van der Waals surface area contributed by atoms with Crippen LogP contribution < -0.4 is 0 Å². The van der Waals surface area contributed by atoms with Gasteiger partial charge < -0.3 is 4.74 Å². The molecule has 0 aromatic rings. The monoisotopic (exact) mass is 183 g/mol. The van der Waals surface area contributed by atoms with Crippen molar-refractivity contribution in [3.05, 3.63) is 11.6 Å². The highest BCUT2D eigenvalue weighted by Gasteiger charge is 2.10. The van der Waals surface area contributed by atoms with Gasteiger partial charge in [-0.25, -0.2) is 9.79 Å². The smallest absolute Gasteiger partial charge is 0.339 e. The number of aliphatic imine (C=N–C) groups is 1. The van der Waals surface area contributed by atoms with Gasteiger partial charge >= 0.3 is 5.97 Å². The van der Waals surface area contributed by atoms with Crippen LogP contribution in [0.4, 0.5) is 0 Å². The second-order valence-electron chi connectivity index (χ2n) is 2.24. The Bertz CT molecular complexity index is 268. The van der Waals surface area contributed by atoms with Gasteiger partial charge in [0.25, 0.3) is 0 Å². The van der Waals surface area contributed by atoms with E-state index in [1.807, 2.05) is 0 Å². The molecule has 0 aromatic carbocycles. The number of dihydropyridines is 1. The van der Waals surface area contributed by atoms with E-state index < -0.39 is 0 Å². The minimum absolute atomic E-state index is 0.330. The zero-order valence-corrected chi connectivity index (χ0v) is 7.56. The maximum atomic E-state index is 11.1. The lowest BCUT2D eigenvalue weighted by Crippen LogP contribution is -2.12. The molecular formula is C8H9NO2S. The summed E-state index contributed by atoms with van der Waals surface area (Å²) in [4.78, 5) is 15.5. The maximum Gasteiger partial charge on any atom is 0.339 e. The largest absolute Gasteiger partial charge is 0.462 e. The van der Waals surface area contributed by atoms with Gasteiger partial charge in [0, 0.05) is 12.6 Å². The fourth-order valence-electron chi connectivity index (χ4n) is 0.795. The first kappa shape index (κ1) is 9.06. The van der Waals surface area contributed by atoms with Gasteiger partial charge in [-0.1, -0.05) is 18.3 Å². The number of hydrogen-bond donors (Lipinski definition) is 0. The molecular weight excluding hydrogens is 174 g/mol. The second kappa shape index (κ2) is 4.11. The molecule has 1 heterocycles. The van der Waals surface area contributed by atoms with Gasteiger partial charge in [0.05, 0.1) is 12.2 Å². The third-order valence-corrected chi connectivity index (χ3v) is 1.63. The summed E-state index contributed by atoms with van der Waals surface area (Å²) in [5.74, 6) is -0.330. The van der Waals surface area contributed by atoms with Gasteiger partial charge in [-0.15, -0.1) is 0 Å². The third kappa shape index (κ3) is 2.23. The zero-order chi connectivity index (χ0) is 8.97. The Morgan fingerprint density at radius 3 is 3.08 bits per heavy atom. The molecule has 0 spiro atoms. The quantitative estimate of drug-likeness (QED) is 0.478. The Kier molecular flexibility index (Phi) is 3.10. The highest BCUT2D eigenvalue weighted by atomic mass is 32.1. The second-order valence-corrected chi connectivity index (χ2v) is 2.71. The van der Waals surface area contributed by atoms with E-state index in [1.165, 1.54) is 6.21 Å². The van der Waals surface area contributed by atoms with Crippen LogP contribution in [-0.4, -0.2) is 23.8 Å². The summed E-state index contributed by atoms with van der Waals surface area (Å²) in [7, 11) is 0. The average molecular weight is 183 g/mol. The molecule has 3 nitrogen and oxygen atoms in total. The molecule has 1 aliphatic rings. The predicted molar refractivity (Wildman–Crippen MR) is 50.4 cm³/mol. The van der Waals surface area contributed by atoms with Crippen molar-refractivity contribution < 1.29 is 9.53 Å². The standard InChI is InChI=1S/C8H9NO2S/c1-2-11-8(10)6-3-4-7(12)9-5-6/h3,5H,2,4H2,1H3. The molecule has 0 bridgehead atoms. The summed E-state index contributed by atoms with van der Waals surface area (Å²) in [6, 6.07) is 0. The summed E-state index contributed by atoms with van der Waals surface area (Å²) in [5.41, 5.74) is 0.491. The number of thiocarbonyl (C=S) groups is 1. The Morgan fingerprint density at radius 2 is 2.58 bits per heavy atom. The molecule has 0 N–H and O–H groups in total. The van der Waals surface area contributed by atoms with E-state index in [4.69, 9.17) is 17.0 Å². The topological polar surface area (TPSA) is 38.7 Å². The molecule has 0 radical (unpaired) electrons. The van der Waals surface area contributed by atoms with Gasteiger partial charge in [0.1, 0.15) is 4.99 Å². The van der Waals surface area contributed by atoms with E-state index >= 15 is 0 Å². The highest BCUT2D eigenvalue weighted by molar-refractivity contribution is 7.80. The minimum Gasteiger partial charge on any atom is -0.462 e. The van der Waals surface area contributed by atoms with Crippen molar-refractivity contribution in [2.75, 3.05) is 6.61 Å². The number of ether oxygens (including phenoxy) is 1. The summed E-state index contributed by atoms with van der Waals surface area (Å²) >= 11 is 4.82. The van der Waals surface area contributed by atoms with Crippen LogP contribution in [0.1, 0.15) is 13.3 Å². The van der Waals surface area contributed by atoms with Crippen molar-refractivity contribution in [1.82, 2.24) is 0 Å². The van der Waals surface area contributed by atoms with Gasteiger partial charge in [-0.3, -0.25) is 0 Å². The lowest BCUT2D eigenvalue weighted by atomic mass is 10.2. The van der Waals surface area contributed by atoms with Crippen molar-refractivity contribution in [2.45, 2.75) is 13.3 Å². The molecule has 64 valence electrons. The normalized spacial score (nSPS) is 15.8. The molecule has 12 heavy (non-hydrogen) atoms. The van der Waals surface area contributed by atoms with Crippen LogP contribution in [0.3, 0.4) is 0 Å². The van der Waals surface area contributed by atoms with Crippen molar-refractivity contribution in [2.24, 2.45) is 4.99 Å². The van der Waals surface area contributed by atoms with Crippen LogP contribution in [0, 0.1) is 0 Å². The Hall–Kier alpha value is -1.03. The summed E-state index contributed by atoms with van der Waals surface area (Å²) < 4.78 is 4.77.